The van der Waals surface area contributed by atoms with Crippen molar-refractivity contribution in [2.24, 2.45) is 0 Å². The summed E-state index contributed by atoms with van der Waals surface area (Å²) in [6.45, 7) is 1.71. The van der Waals surface area contributed by atoms with E-state index in [0.717, 1.165) is 23.8 Å². The molecule has 0 radical (unpaired) electrons. The van der Waals surface area contributed by atoms with Crippen molar-refractivity contribution in [2.45, 2.75) is 109 Å². The number of hydrogen-bond donors (Lipinski definition) is 2. The number of aliphatic hydroxyl groups excluding tert-OH is 1. The zero-order valence-corrected chi connectivity index (χ0v) is 24.4. The zero-order valence-electron chi connectivity index (χ0n) is 21.5. The normalized spacial score (nSPS) is 21.3. The minimum absolute atomic E-state index is 0. The number of nitrogens with zero attached hydrogens (tertiary/aromatic N) is 1. The van der Waals surface area contributed by atoms with Gasteiger partial charge < -0.3 is 23.8 Å². The maximum absolute atomic E-state index is 13.5. The first-order valence-electron chi connectivity index (χ1n) is 12.7. The standard InChI is InChI=1S/C23H40FN2O8P.Na/c1-2-3-4-5-6-7-8-9-10-11-12-13-14-32-35(30,31)33-17-20-19(27)15-21(34-20)26-16-18(24)22(28)25-23(26)29;/h16,19-21,27H,2-15,17H2,1H3,(H,30,31)(H,25,28,29);/q;+1/p-1. The molecule has 1 fully saturated rings. The van der Waals surface area contributed by atoms with Gasteiger partial charge in [-0.15, -0.1) is 0 Å². The SMILES string of the molecule is CCCCCCCCCCCCCCOP(=O)([O-])OCC1OC(n2cc(F)c(=O)[nH]c2=O)CC1O.[Na+]. The van der Waals surface area contributed by atoms with Crippen LogP contribution in [0.15, 0.2) is 15.8 Å². The van der Waals surface area contributed by atoms with Crippen LogP contribution in [-0.4, -0.2) is 40.1 Å². The van der Waals surface area contributed by atoms with Crippen LogP contribution in [0.5, 0.6) is 0 Å². The number of rotatable bonds is 18. The fourth-order valence-corrected chi connectivity index (χ4v) is 4.79. The van der Waals surface area contributed by atoms with Crippen molar-refractivity contribution in [3.05, 3.63) is 32.9 Å². The van der Waals surface area contributed by atoms with Crippen LogP contribution in [0.1, 0.15) is 96.6 Å². The maximum Gasteiger partial charge on any atom is 1.00 e. The Morgan fingerprint density at radius 2 is 1.64 bits per heavy atom. The molecule has 2 heterocycles. The summed E-state index contributed by atoms with van der Waals surface area (Å²) in [5, 5.41) is 10.1. The molecule has 0 aromatic carbocycles. The van der Waals surface area contributed by atoms with Gasteiger partial charge in [-0.25, -0.2) is 4.79 Å². The average molecular weight is 545 g/mol. The Labute approximate surface area is 233 Å². The summed E-state index contributed by atoms with van der Waals surface area (Å²) in [7, 11) is -4.59. The molecule has 1 saturated heterocycles. The van der Waals surface area contributed by atoms with Crippen LogP contribution in [0.25, 0.3) is 0 Å². The van der Waals surface area contributed by atoms with Crippen LogP contribution < -0.4 is 45.7 Å². The maximum atomic E-state index is 13.5. The smallest absolute Gasteiger partial charge is 0.756 e. The molecule has 2 rings (SSSR count). The van der Waals surface area contributed by atoms with E-state index < -0.39 is 49.9 Å². The van der Waals surface area contributed by atoms with Crippen molar-refractivity contribution < 1.29 is 62.3 Å². The van der Waals surface area contributed by atoms with E-state index in [2.05, 4.69) is 6.92 Å². The Morgan fingerprint density at radius 1 is 1.08 bits per heavy atom. The molecule has 202 valence electrons. The van der Waals surface area contributed by atoms with Crippen molar-refractivity contribution in [3.8, 4) is 0 Å². The zero-order chi connectivity index (χ0) is 25.7. The molecule has 4 unspecified atom stereocenters. The van der Waals surface area contributed by atoms with Gasteiger partial charge in [0, 0.05) is 6.42 Å². The Bertz CT molecular complexity index is 915. The molecule has 13 heteroatoms. The average Bonchev–Trinajstić information content (AvgIpc) is 3.18. The third-order valence-corrected chi connectivity index (χ3v) is 7.05. The van der Waals surface area contributed by atoms with Crippen molar-refractivity contribution in [3.63, 3.8) is 0 Å². The second-order valence-electron chi connectivity index (χ2n) is 9.04. The van der Waals surface area contributed by atoms with E-state index >= 15 is 0 Å². The fourth-order valence-electron chi connectivity index (χ4n) is 4.03. The van der Waals surface area contributed by atoms with Gasteiger partial charge in [0.05, 0.1) is 25.5 Å². The van der Waals surface area contributed by atoms with Crippen molar-refractivity contribution >= 4 is 7.82 Å². The molecule has 0 saturated carbocycles. The number of hydrogen-bond acceptors (Lipinski definition) is 8. The van der Waals surface area contributed by atoms with Crippen molar-refractivity contribution in [1.29, 1.82) is 0 Å². The van der Waals surface area contributed by atoms with Crippen LogP contribution >= 0.6 is 7.82 Å². The van der Waals surface area contributed by atoms with Gasteiger partial charge in [-0.1, -0.05) is 77.6 Å². The summed E-state index contributed by atoms with van der Waals surface area (Å²) in [4.78, 5) is 36.8. The van der Waals surface area contributed by atoms with E-state index in [1.807, 2.05) is 0 Å². The number of nitrogens with one attached hydrogen (secondary N) is 1. The summed E-state index contributed by atoms with van der Waals surface area (Å²) in [6, 6.07) is 0. The number of phosphoric ester groups is 1. The number of halogens is 1. The van der Waals surface area contributed by atoms with Crippen molar-refractivity contribution in [2.75, 3.05) is 13.2 Å². The van der Waals surface area contributed by atoms with Gasteiger partial charge in [0.2, 0.25) is 5.82 Å². The monoisotopic (exact) mass is 544 g/mol. The van der Waals surface area contributed by atoms with Crippen LogP contribution in [0.2, 0.25) is 0 Å². The first-order chi connectivity index (χ1) is 16.7. The summed E-state index contributed by atoms with van der Waals surface area (Å²) < 4.78 is 41.4. The second-order valence-corrected chi connectivity index (χ2v) is 10.5. The van der Waals surface area contributed by atoms with E-state index in [0.29, 0.717) is 12.6 Å². The Morgan fingerprint density at radius 3 is 2.22 bits per heavy atom. The molecule has 36 heavy (non-hydrogen) atoms. The number of ether oxygens (including phenoxy) is 1. The molecule has 0 amide bonds. The number of unbranched alkanes of at least 4 members (excludes halogenated alkanes) is 11. The van der Waals surface area contributed by atoms with Gasteiger partial charge in [-0.3, -0.25) is 18.9 Å². The molecule has 10 nitrogen and oxygen atoms in total. The number of aromatic amines is 1. The van der Waals surface area contributed by atoms with Crippen molar-refractivity contribution in [1.82, 2.24) is 9.55 Å². The van der Waals surface area contributed by atoms with E-state index in [-0.39, 0.29) is 42.6 Å². The van der Waals surface area contributed by atoms with Gasteiger partial charge >= 0.3 is 35.2 Å². The molecular formula is C23H39FN2NaO8P. The summed E-state index contributed by atoms with van der Waals surface area (Å²) in [5.41, 5.74) is -2.07. The minimum atomic E-state index is -4.59. The van der Waals surface area contributed by atoms with Gasteiger partial charge in [-0.2, -0.15) is 4.39 Å². The van der Waals surface area contributed by atoms with E-state index in [1.165, 1.54) is 51.4 Å². The third-order valence-electron chi connectivity index (χ3n) is 6.08. The van der Waals surface area contributed by atoms with Crippen LogP contribution in [-0.2, 0) is 18.3 Å². The number of H-pyrrole nitrogens is 1. The number of aliphatic hydroxyl groups is 1. The molecule has 1 aliphatic heterocycles. The first-order valence-corrected chi connectivity index (χ1v) is 14.1. The predicted molar refractivity (Wildman–Crippen MR) is 126 cm³/mol. The Balaban J connectivity index is 0.00000648. The molecule has 4 atom stereocenters. The number of aromatic nitrogens is 2. The Kier molecular flexibility index (Phi) is 16.9. The second kappa shape index (κ2) is 18.0. The molecule has 0 spiro atoms. The molecule has 1 aromatic rings. The molecule has 1 aromatic heterocycles. The molecular weight excluding hydrogens is 505 g/mol. The van der Waals surface area contributed by atoms with E-state index in [4.69, 9.17) is 13.8 Å². The minimum Gasteiger partial charge on any atom is -0.756 e. The summed E-state index contributed by atoms with van der Waals surface area (Å²) in [6.07, 6.45) is 11.1. The van der Waals surface area contributed by atoms with E-state index in [9.17, 15) is 28.5 Å². The molecule has 2 N–H and O–H groups in total. The summed E-state index contributed by atoms with van der Waals surface area (Å²) >= 11 is 0. The van der Waals surface area contributed by atoms with Crippen LogP contribution in [0.4, 0.5) is 4.39 Å². The summed E-state index contributed by atoms with van der Waals surface area (Å²) in [5.74, 6) is -1.18. The van der Waals surface area contributed by atoms with Crippen LogP contribution in [0.3, 0.4) is 0 Å². The molecule has 0 bridgehead atoms. The third kappa shape index (κ3) is 12.5. The van der Waals surface area contributed by atoms with E-state index in [1.54, 1.807) is 4.98 Å². The molecule has 0 aliphatic carbocycles. The Hall–Kier alpha value is -0.360. The number of phosphoric acid groups is 1. The van der Waals surface area contributed by atoms with Crippen LogP contribution in [0, 0.1) is 5.82 Å². The topological polar surface area (TPSA) is 143 Å². The quantitative estimate of drug-likeness (QED) is 0.155. The first kappa shape index (κ1) is 33.7. The van der Waals surface area contributed by atoms with Gasteiger partial charge in [0.15, 0.2) is 0 Å². The largest absolute Gasteiger partial charge is 1.00 e. The molecule has 1 aliphatic rings. The predicted octanol–water partition coefficient (Wildman–Crippen LogP) is 0.531. The van der Waals surface area contributed by atoms with Gasteiger partial charge in [0.25, 0.3) is 13.4 Å². The van der Waals surface area contributed by atoms with Gasteiger partial charge in [-0.05, 0) is 6.42 Å². The van der Waals surface area contributed by atoms with Gasteiger partial charge in [0.1, 0.15) is 12.3 Å². The fraction of sp³-hybridized carbons (Fsp3) is 0.826.